The van der Waals surface area contributed by atoms with E-state index in [1.165, 1.54) is 0 Å². The van der Waals surface area contributed by atoms with E-state index >= 15 is 0 Å². The molecule has 0 spiro atoms. The molecule has 1 aliphatic rings. The molecule has 0 unspecified atom stereocenters. The molecule has 3 heterocycles. The Labute approximate surface area is 153 Å². The van der Waals surface area contributed by atoms with E-state index < -0.39 is 17.9 Å². The van der Waals surface area contributed by atoms with Gasteiger partial charge in [0.2, 0.25) is 11.9 Å². The predicted octanol–water partition coefficient (Wildman–Crippen LogP) is 3.12. The van der Waals surface area contributed by atoms with Gasteiger partial charge >= 0.3 is 5.97 Å². The zero-order valence-electron chi connectivity index (χ0n) is 14.0. The van der Waals surface area contributed by atoms with Gasteiger partial charge in [-0.25, -0.2) is 4.79 Å². The first-order chi connectivity index (χ1) is 13.0. The number of rotatable bonds is 5. The van der Waals surface area contributed by atoms with Crippen molar-refractivity contribution in [3.05, 3.63) is 72.3 Å². The average molecular weight is 371 g/mol. The number of nitrogens with zero attached hydrogens (tertiary/aromatic N) is 3. The Morgan fingerprint density at radius 3 is 2.41 bits per heavy atom. The lowest BCUT2D eigenvalue weighted by Crippen LogP contribution is -2.54. The van der Waals surface area contributed by atoms with Crippen LogP contribution in [0, 0.1) is 11.9 Å². The van der Waals surface area contributed by atoms with Crippen LogP contribution in [0.25, 0.3) is 5.69 Å². The van der Waals surface area contributed by atoms with Crippen molar-refractivity contribution in [2.75, 3.05) is 18.0 Å². The fraction of sp³-hybridized carbons (Fsp3) is 0.158. The molecule has 138 valence electrons. The Balaban J connectivity index is 1.56. The van der Waals surface area contributed by atoms with Gasteiger partial charge in [0.05, 0.1) is 30.0 Å². The van der Waals surface area contributed by atoms with E-state index in [2.05, 4.69) is 4.98 Å². The van der Waals surface area contributed by atoms with E-state index in [1.54, 1.807) is 29.1 Å². The molecule has 0 atom stereocenters. The van der Waals surface area contributed by atoms with E-state index in [4.69, 9.17) is 4.74 Å². The maximum Gasteiger partial charge on any atom is 0.337 e. The van der Waals surface area contributed by atoms with Gasteiger partial charge in [-0.05, 0) is 24.3 Å². The van der Waals surface area contributed by atoms with Gasteiger partial charge < -0.3 is 19.3 Å². The van der Waals surface area contributed by atoms with Gasteiger partial charge in [0.15, 0.2) is 0 Å². The number of aromatic carboxylic acids is 1. The fourth-order valence-electron chi connectivity index (χ4n) is 3.13. The number of carboxylic acid groups (broad SMARTS) is 1. The van der Waals surface area contributed by atoms with Crippen LogP contribution in [-0.2, 0) is 0 Å². The summed E-state index contributed by atoms with van der Waals surface area (Å²) in [6.07, 6.45) is 3.29. The van der Waals surface area contributed by atoms with E-state index in [1.807, 2.05) is 23.1 Å². The van der Waals surface area contributed by atoms with Crippen LogP contribution in [0.4, 0.5) is 14.5 Å². The lowest BCUT2D eigenvalue weighted by Gasteiger charge is -2.41. The molecule has 0 radical (unpaired) electrons. The smallest absolute Gasteiger partial charge is 0.337 e. The van der Waals surface area contributed by atoms with E-state index in [9.17, 15) is 18.7 Å². The van der Waals surface area contributed by atoms with Crippen molar-refractivity contribution in [2.45, 2.75) is 6.10 Å². The molecule has 1 fully saturated rings. The highest BCUT2D eigenvalue weighted by molar-refractivity contribution is 5.95. The number of carbonyl (C=O) groups is 1. The second-order valence-corrected chi connectivity index (χ2v) is 6.16. The summed E-state index contributed by atoms with van der Waals surface area (Å²) in [6, 6.07) is 10.8. The average Bonchev–Trinajstić information content (AvgIpc) is 3.10. The topological polar surface area (TPSA) is 67.6 Å². The summed E-state index contributed by atoms with van der Waals surface area (Å²) in [5.74, 6) is -2.82. The number of anilines is 1. The number of carboxylic acids is 1. The molecule has 0 bridgehead atoms. The Kier molecular flexibility index (Phi) is 4.23. The quantitative estimate of drug-likeness (QED) is 0.698. The molecule has 0 amide bonds. The number of aromatic nitrogens is 2. The summed E-state index contributed by atoms with van der Waals surface area (Å²) in [7, 11) is 0. The number of ether oxygens (including phenoxy) is 1. The van der Waals surface area contributed by atoms with Crippen molar-refractivity contribution < 1.29 is 23.4 Å². The Morgan fingerprint density at radius 1 is 1.11 bits per heavy atom. The lowest BCUT2D eigenvalue weighted by molar-refractivity contribution is 0.0697. The molecule has 1 aliphatic heterocycles. The highest BCUT2D eigenvalue weighted by Gasteiger charge is 2.32. The summed E-state index contributed by atoms with van der Waals surface area (Å²) in [5.41, 5.74) is 1.50. The van der Waals surface area contributed by atoms with Gasteiger partial charge in [-0.15, -0.1) is 0 Å². The van der Waals surface area contributed by atoms with Crippen molar-refractivity contribution in [1.29, 1.82) is 0 Å². The predicted molar refractivity (Wildman–Crippen MR) is 93.5 cm³/mol. The highest BCUT2D eigenvalue weighted by atomic mass is 19.1. The zero-order valence-corrected chi connectivity index (χ0v) is 14.0. The molecule has 1 aromatic carbocycles. The van der Waals surface area contributed by atoms with Crippen molar-refractivity contribution in [3.8, 4) is 11.4 Å². The minimum atomic E-state index is -1.02. The summed E-state index contributed by atoms with van der Waals surface area (Å²) in [5, 5.41) is 9.53. The van der Waals surface area contributed by atoms with Gasteiger partial charge in [-0.1, -0.05) is 6.07 Å². The third-order valence-electron chi connectivity index (χ3n) is 4.34. The van der Waals surface area contributed by atoms with Crippen molar-refractivity contribution in [3.63, 3.8) is 0 Å². The number of halogens is 2. The number of benzene rings is 1. The molecule has 0 saturated carbocycles. The Hall–Kier alpha value is -3.42. The standard InChI is InChI=1S/C19H15F2N3O3/c20-16-8-12(9-17(21)22-16)27-13-10-24(11-13)15-5-3-4-14(19(25)26)18(15)23-6-1-2-7-23/h1-9,13H,10-11H2,(H,25,26). The van der Waals surface area contributed by atoms with Crippen molar-refractivity contribution in [1.82, 2.24) is 9.55 Å². The number of hydrogen-bond donors (Lipinski definition) is 1. The number of hydrogen-bond acceptors (Lipinski definition) is 4. The van der Waals surface area contributed by atoms with E-state index in [0.717, 1.165) is 17.8 Å². The molecule has 2 aromatic heterocycles. The van der Waals surface area contributed by atoms with Gasteiger partial charge in [-0.2, -0.15) is 13.8 Å². The number of para-hydroxylation sites is 1. The van der Waals surface area contributed by atoms with Gasteiger partial charge in [0.1, 0.15) is 11.9 Å². The van der Waals surface area contributed by atoms with Gasteiger partial charge in [-0.3, -0.25) is 0 Å². The first-order valence-corrected chi connectivity index (χ1v) is 8.25. The number of pyridine rings is 1. The van der Waals surface area contributed by atoms with Crippen LogP contribution in [0.1, 0.15) is 10.4 Å². The monoisotopic (exact) mass is 371 g/mol. The zero-order chi connectivity index (χ0) is 19.0. The molecule has 4 rings (SSSR count). The summed E-state index contributed by atoms with van der Waals surface area (Å²) >= 11 is 0. The first-order valence-electron chi connectivity index (χ1n) is 8.25. The molecule has 1 saturated heterocycles. The van der Waals surface area contributed by atoms with Crippen LogP contribution in [0.3, 0.4) is 0 Å². The van der Waals surface area contributed by atoms with Crippen LogP contribution in [0.2, 0.25) is 0 Å². The second-order valence-electron chi connectivity index (χ2n) is 6.16. The molecule has 3 aromatic rings. The molecule has 0 aliphatic carbocycles. The lowest BCUT2D eigenvalue weighted by atomic mass is 10.1. The van der Waals surface area contributed by atoms with Gasteiger partial charge in [0, 0.05) is 24.5 Å². The van der Waals surface area contributed by atoms with E-state index in [0.29, 0.717) is 18.8 Å². The highest BCUT2D eigenvalue weighted by Crippen LogP contribution is 2.32. The summed E-state index contributed by atoms with van der Waals surface area (Å²) < 4.78 is 33.7. The Bertz CT molecular complexity index is 966. The van der Waals surface area contributed by atoms with Crippen LogP contribution < -0.4 is 9.64 Å². The third-order valence-corrected chi connectivity index (χ3v) is 4.34. The summed E-state index contributed by atoms with van der Waals surface area (Å²) in [6.45, 7) is 0.922. The van der Waals surface area contributed by atoms with Crippen LogP contribution >= 0.6 is 0 Å². The third kappa shape index (κ3) is 3.33. The van der Waals surface area contributed by atoms with Crippen molar-refractivity contribution in [2.24, 2.45) is 0 Å². The molecule has 27 heavy (non-hydrogen) atoms. The van der Waals surface area contributed by atoms with Crippen LogP contribution in [-0.4, -0.2) is 39.8 Å². The Morgan fingerprint density at radius 2 is 1.78 bits per heavy atom. The normalized spacial score (nSPS) is 14.1. The molecular formula is C19H15F2N3O3. The molecule has 8 heteroatoms. The SMILES string of the molecule is O=C(O)c1cccc(N2CC(Oc3cc(F)nc(F)c3)C2)c1-n1cccc1. The first kappa shape index (κ1) is 17.0. The minimum Gasteiger partial charge on any atom is -0.486 e. The fourth-order valence-corrected chi connectivity index (χ4v) is 3.13. The van der Waals surface area contributed by atoms with Crippen LogP contribution in [0.5, 0.6) is 5.75 Å². The minimum absolute atomic E-state index is 0.0783. The molecule has 6 nitrogen and oxygen atoms in total. The summed E-state index contributed by atoms with van der Waals surface area (Å²) in [4.78, 5) is 16.6. The second kappa shape index (κ2) is 6.71. The molecular weight excluding hydrogens is 356 g/mol. The van der Waals surface area contributed by atoms with E-state index in [-0.39, 0.29) is 17.4 Å². The van der Waals surface area contributed by atoms with Crippen molar-refractivity contribution >= 4 is 11.7 Å². The van der Waals surface area contributed by atoms with Crippen LogP contribution in [0.15, 0.2) is 54.9 Å². The van der Waals surface area contributed by atoms with Gasteiger partial charge in [0.25, 0.3) is 0 Å². The largest absolute Gasteiger partial charge is 0.486 e. The maximum absolute atomic E-state index is 13.2. The molecule has 1 N–H and O–H groups in total. The maximum atomic E-state index is 13.2.